The topological polar surface area (TPSA) is 32.8 Å². The number of benzene rings is 4. The molecule has 35 heavy (non-hydrogen) atoms. The SMILES string of the molecule is CCN1C(c2ccccc2)N(Cc2ccccc2)[C@H](c2ccccc2)[C@@H]1C(=O)Oc1ccccc1. The predicted octanol–water partition coefficient (Wildman–Crippen LogP) is 6.24. The van der Waals surface area contributed by atoms with Gasteiger partial charge in [-0.25, -0.2) is 4.79 Å². The fourth-order valence-electron chi connectivity index (χ4n) is 5.17. The minimum Gasteiger partial charge on any atom is -0.425 e. The summed E-state index contributed by atoms with van der Waals surface area (Å²) >= 11 is 0. The van der Waals surface area contributed by atoms with E-state index < -0.39 is 6.04 Å². The van der Waals surface area contributed by atoms with Crippen molar-refractivity contribution in [3.8, 4) is 5.75 Å². The maximum Gasteiger partial charge on any atom is 0.330 e. The normalized spacial score (nSPS) is 20.5. The molecule has 5 rings (SSSR count). The average molecular weight is 463 g/mol. The smallest absolute Gasteiger partial charge is 0.330 e. The van der Waals surface area contributed by atoms with Crippen LogP contribution in [0.1, 0.15) is 35.8 Å². The molecule has 4 nitrogen and oxygen atoms in total. The molecule has 1 aliphatic rings. The first kappa shape index (κ1) is 23.0. The molecule has 3 atom stereocenters. The van der Waals surface area contributed by atoms with Crippen LogP contribution in [-0.4, -0.2) is 28.4 Å². The van der Waals surface area contributed by atoms with Crippen LogP contribution in [0.4, 0.5) is 0 Å². The van der Waals surface area contributed by atoms with Gasteiger partial charge in [-0.05, 0) is 35.4 Å². The number of hydrogen-bond acceptors (Lipinski definition) is 4. The number of carbonyl (C=O) groups excluding carboxylic acids is 1. The first-order valence-corrected chi connectivity index (χ1v) is 12.2. The zero-order chi connectivity index (χ0) is 24.0. The number of rotatable bonds is 7. The third-order valence-electron chi connectivity index (χ3n) is 6.66. The molecule has 0 radical (unpaired) electrons. The number of nitrogens with zero attached hydrogens (tertiary/aromatic N) is 2. The molecule has 1 heterocycles. The lowest BCUT2D eigenvalue weighted by molar-refractivity contribution is -0.140. The van der Waals surface area contributed by atoms with Gasteiger partial charge in [0.15, 0.2) is 0 Å². The van der Waals surface area contributed by atoms with E-state index in [4.69, 9.17) is 4.74 Å². The molecule has 0 aliphatic carbocycles. The van der Waals surface area contributed by atoms with E-state index in [1.54, 1.807) is 0 Å². The Hall–Kier alpha value is -3.73. The fraction of sp³-hybridized carbons (Fsp3) is 0.194. The summed E-state index contributed by atoms with van der Waals surface area (Å²) in [6.07, 6.45) is -0.0695. The van der Waals surface area contributed by atoms with E-state index in [2.05, 4.69) is 77.4 Å². The molecule has 0 spiro atoms. The summed E-state index contributed by atoms with van der Waals surface area (Å²) in [5.41, 5.74) is 3.49. The Morgan fingerprint density at radius 3 is 1.77 bits per heavy atom. The van der Waals surface area contributed by atoms with Crippen molar-refractivity contribution in [2.75, 3.05) is 6.54 Å². The van der Waals surface area contributed by atoms with Crippen LogP contribution in [0.15, 0.2) is 121 Å². The van der Waals surface area contributed by atoms with Gasteiger partial charge in [-0.1, -0.05) is 116 Å². The average Bonchev–Trinajstić information content (AvgIpc) is 3.24. The van der Waals surface area contributed by atoms with E-state index >= 15 is 0 Å². The van der Waals surface area contributed by atoms with Crippen LogP contribution in [-0.2, 0) is 11.3 Å². The highest BCUT2D eigenvalue weighted by Crippen LogP contribution is 2.46. The Bertz CT molecular complexity index is 1220. The molecule has 1 aliphatic heterocycles. The second kappa shape index (κ2) is 10.7. The van der Waals surface area contributed by atoms with Crippen molar-refractivity contribution in [1.82, 2.24) is 9.80 Å². The lowest BCUT2D eigenvalue weighted by Crippen LogP contribution is -2.42. The molecule has 4 aromatic carbocycles. The molecule has 1 saturated heterocycles. The summed E-state index contributed by atoms with van der Waals surface area (Å²) in [7, 11) is 0. The molecule has 1 unspecified atom stereocenters. The van der Waals surface area contributed by atoms with Crippen molar-refractivity contribution in [3.63, 3.8) is 0 Å². The van der Waals surface area contributed by atoms with Crippen molar-refractivity contribution >= 4 is 5.97 Å². The molecular formula is C31H30N2O2. The molecule has 0 saturated carbocycles. The highest BCUT2D eigenvalue weighted by atomic mass is 16.5. The van der Waals surface area contributed by atoms with Gasteiger partial charge in [0.25, 0.3) is 0 Å². The van der Waals surface area contributed by atoms with E-state index in [-0.39, 0.29) is 18.2 Å². The van der Waals surface area contributed by atoms with E-state index in [1.165, 1.54) is 11.1 Å². The molecule has 176 valence electrons. The van der Waals surface area contributed by atoms with Gasteiger partial charge >= 0.3 is 5.97 Å². The van der Waals surface area contributed by atoms with Crippen LogP contribution in [0.2, 0.25) is 0 Å². The van der Waals surface area contributed by atoms with Crippen molar-refractivity contribution in [3.05, 3.63) is 138 Å². The van der Waals surface area contributed by atoms with Crippen LogP contribution in [0.5, 0.6) is 5.75 Å². The predicted molar refractivity (Wildman–Crippen MR) is 139 cm³/mol. The third kappa shape index (κ3) is 4.90. The number of para-hydroxylation sites is 1. The van der Waals surface area contributed by atoms with Crippen molar-refractivity contribution in [1.29, 1.82) is 0 Å². The zero-order valence-electron chi connectivity index (χ0n) is 19.9. The Morgan fingerprint density at radius 1 is 0.686 bits per heavy atom. The molecule has 0 amide bonds. The highest BCUT2D eigenvalue weighted by molar-refractivity contribution is 5.80. The van der Waals surface area contributed by atoms with E-state index in [0.29, 0.717) is 18.8 Å². The van der Waals surface area contributed by atoms with E-state index in [9.17, 15) is 4.79 Å². The molecule has 4 heteroatoms. The summed E-state index contributed by atoms with van der Waals surface area (Å²) in [4.78, 5) is 18.6. The summed E-state index contributed by atoms with van der Waals surface area (Å²) in [5, 5.41) is 0. The second-order valence-corrected chi connectivity index (χ2v) is 8.81. The number of likely N-dealkylation sites (N-methyl/N-ethyl adjacent to an activating group) is 1. The van der Waals surface area contributed by atoms with Crippen LogP contribution in [0, 0.1) is 0 Å². The van der Waals surface area contributed by atoms with Gasteiger partial charge in [-0.2, -0.15) is 0 Å². The number of ether oxygens (including phenoxy) is 1. The molecule has 1 fully saturated rings. The van der Waals surface area contributed by atoms with Crippen LogP contribution < -0.4 is 4.74 Å². The summed E-state index contributed by atoms with van der Waals surface area (Å²) in [6.45, 7) is 3.54. The van der Waals surface area contributed by atoms with Crippen LogP contribution >= 0.6 is 0 Å². The van der Waals surface area contributed by atoms with Crippen LogP contribution in [0.25, 0.3) is 0 Å². The number of hydrogen-bond donors (Lipinski definition) is 0. The number of esters is 1. The fourth-order valence-corrected chi connectivity index (χ4v) is 5.17. The maximum atomic E-state index is 13.9. The van der Waals surface area contributed by atoms with E-state index in [1.807, 2.05) is 60.7 Å². The molecule has 4 aromatic rings. The first-order chi connectivity index (χ1) is 17.3. The zero-order valence-corrected chi connectivity index (χ0v) is 19.9. The molecule has 0 aromatic heterocycles. The third-order valence-corrected chi connectivity index (χ3v) is 6.66. The van der Waals surface area contributed by atoms with Crippen molar-refractivity contribution in [2.24, 2.45) is 0 Å². The largest absolute Gasteiger partial charge is 0.425 e. The Labute approximate surface area is 207 Å². The van der Waals surface area contributed by atoms with Crippen molar-refractivity contribution < 1.29 is 9.53 Å². The van der Waals surface area contributed by atoms with E-state index in [0.717, 1.165) is 5.56 Å². The molecule has 0 N–H and O–H groups in total. The summed E-state index contributed by atoms with van der Waals surface area (Å²) in [6, 6.07) is 40.0. The standard InChI is InChI=1S/C31H30N2O2/c1-2-32-29(31(34)35-27-21-13-6-14-22-27)28(25-17-9-4-10-18-25)33(23-24-15-7-3-8-16-24)30(32)26-19-11-5-12-20-26/h3-22,28-30H,2,23H2,1H3/t28-,29-,30?/m1/s1. The minimum atomic E-state index is -0.462. The Morgan fingerprint density at radius 2 is 1.20 bits per heavy atom. The minimum absolute atomic E-state index is 0.0695. The van der Waals surface area contributed by atoms with Gasteiger partial charge in [0.05, 0.1) is 12.2 Å². The molecule has 0 bridgehead atoms. The van der Waals surface area contributed by atoms with Gasteiger partial charge < -0.3 is 4.74 Å². The Balaban J connectivity index is 1.62. The van der Waals surface area contributed by atoms with Gasteiger partial charge in [0.1, 0.15) is 11.8 Å². The second-order valence-electron chi connectivity index (χ2n) is 8.81. The van der Waals surface area contributed by atoms with Gasteiger partial charge in [-0.15, -0.1) is 0 Å². The monoisotopic (exact) mass is 462 g/mol. The van der Waals surface area contributed by atoms with Gasteiger partial charge in [0, 0.05) is 6.54 Å². The summed E-state index contributed by atoms with van der Waals surface area (Å²) < 4.78 is 5.96. The lowest BCUT2D eigenvalue weighted by atomic mass is 9.98. The van der Waals surface area contributed by atoms with Crippen molar-refractivity contribution in [2.45, 2.75) is 31.7 Å². The summed E-state index contributed by atoms with van der Waals surface area (Å²) in [5.74, 6) is 0.335. The number of carbonyl (C=O) groups is 1. The lowest BCUT2D eigenvalue weighted by Gasteiger charge is -2.32. The van der Waals surface area contributed by atoms with Gasteiger partial charge in [0.2, 0.25) is 0 Å². The van der Waals surface area contributed by atoms with Crippen LogP contribution in [0.3, 0.4) is 0 Å². The Kier molecular flexibility index (Phi) is 7.03. The quantitative estimate of drug-likeness (QED) is 0.240. The highest BCUT2D eigenvalue weighted by Gasteiger charge is 2.51. The van der Waals surface area contributed by atoms with Gasteiger partial charge in [-0.3, -0.25) is 9.80 Å². The molecular weight excluding hydrogens is 432 g/mol. The maximum absolute atomic E-state index is 13.9. The first-order valence-electron chi connectivity index (χ1n) is 12.2.